The maximum atomic E-state index is 14.6. The van der Waals surface area contributed by atoms with Crippen molar-refractivity contribution in [3.8, 4) is 0 Å². The molecule has 3 aromatic carbocycles. The normalized spacial score (nSPS) is 11.7. The first-order valence-electron chi connectivity index (χ1n) is 8.29. The van der Waals surface area contributed by atoms with E-state index in [4.69, 9.17) is 0 Å². The molecule has 0 heterocycles. The van der Waals surface area contributed by atoms with Crippen LogP contribution in [0.25, 0.3) is 0 Å². The van der Waals surface area contributed by atoms with Crippen LogP contribution in [0.4, 0.5) is 4.39 Å². The van der Waals surface area contributed by atoms with E-state index in [9.17, 15) is 9.50 Å². The molecule has 2 nitrogen and oxygen atoms in total. The third-order valence-electron chi connectivity index (χ3n) is 4.37. The Morgan fingerprint density at radius 2 is 1.32 bits per heavy atom. The average molecular weight is 335 g/mol. The minimum Gasteiger partial charge on any atom is -0.376 e. The summed E-state index contributed by atoms with van der Waals surface area (Å²) in [5.74, 6) is -0.309. The molecule has 0 fully saturated rings. The van der Waals surface area contributed by atoms with Gasteiger partial charge >= 0.3 is 0 Å². The van der Waals surface area contributed by atoms with Gasteiger partial charge in [-0.05, 0) is 36.9 Å². The Hall–Kier alpha value is -2.49. The van der Waals surface area contributed by atoms with E-state index < -0.39 is 5.60 Å². The monoisotopic (exact) mass is 335 g/mol. The Bertz CT molecular complexity index is 792. The number of nitrogens with zero attached hydrogens (tertiary/aromatic N) is 1. The fourth-order valence-electron chi connectivity index (χ4n) is 3.21. The molecule has 0 spiro atoms. The highest BCUT2D eigenvalue weighted by Gasteiger charge is 2.36. The molecule has 0 aliphatic rings. The van der Waals surface area contributed by atoms with Crippen LogP contribution in [0.1, 0.15) is 22.3 Å². The molecular formula is C22H22FNO. The molecule has 0 bridgehead atoms. The van der Waals surface area contributed by atoms with Gasteiger partial charge in [-0.1, -0.05) is 72.8 Å². The summed E-state index contributed by atoms with van der Waals surface area (Å²) in [4.78, 5) is 1.90. The van der Waals surface area contributed by atoms with E-state index in [1.165, 1.54) is 6.07 Å². The predicted octanol–water partition coefficient (Wildman–Crippen LogP) is 4.17. The van der Waals surface area contributed by atoms with Crippen LogP contribution in [0, 0.1) is 5.82 Å². The van der Waals surface area contributed by atoms with Crippen LogP contribution in [-0.2, 0) is 12.1 Å². The van der Waals surface area contributed by atoms with Crippen LogP contribution in [0.2, 0.25) is 0 Å². The summed E-state index contributed by atoms with van der Waals surface area (Å²) in [6, 6.07) is 23.7. The van der Waals surface area contributed by atoms with Crippen LogP contribution < -0.4 is 0 Å². The molecule has 3 heteroatoms. The van der Waals surface area contributed by atoms with E-state index in [1.54, 1.807) is 6.07 Å². The average Bonchev–Trinajstić information content (AvgIpc) is 2.64. The number of hydrogen-bond acceptors (Lipinski definition) is 2. The molecule has 0 saturated heterocycles. The summed E-state index contributed by atoms with van der Waals surface area (Å²) in [6.07, 6.45) is 0. The van der Waals surface area contributed by atoms with Crippen molar-refractivity contribution in [3.05, 3.63) is 107 Å². The topological polar surface area (TPSA) is 23.5 Å². The zero-order chi connectivity index (χ0) is 17.9. The molecule has 25 heavy (non-hydrogen) atoms. The van der Waals surface area contributed by atoms with E-state index in [0.29, 0.717) is 28.8 Å². The molecule has 128 valence electrons. The Labute approximate surface area is 148 Å². The van der Waals surface area contributed by atoms with E-state index in [2.05, 4.69) is 0 Å². The number of hydrogen-bond donors (Lipinski definition) is 1. The van der Waals surface area contributed by atoms with Gasteiger partial charge in [0.25, 0.3) is 0 Å². The maximum absolute atomic E-state index is 14.6. The van der Waals surface area contributed by atoms with Gasteiger partial charge in [0.15, 0.2) is 0 Å². The fourth-order valence-corrected chi connectivity index (χ4v) is 3.21. The quantitative estimate of drug-likeness (QED) is 0.707. The van der Waals surface area contributed by atoms with Crippen LogP contribution in [-0.4, -0.2) is 24.1 Å². The molecular weight excluding hydrogens is 313 g/mol. The van der Waals surface area contributed by atoms with Gasteiger partial charge in [-0.2, -0.15) is 0 Å². The summed E-state index contributed by atoms with van der Waals surface area (Å²) >= 11 is 0. The molecule has 0 aliphatic carbocycles. The Kier molecular flexibility index (Phi) is 4.98. The van der Waals surface area contributed by atoms with Gasteiger partial charge in [-0.15, -0.1) is 0 Å². The van der Waals surface area contributed by atoms with Crippen molar-refractivity contribution in [2.24, 2.45) is 0 Å². The summed E-state index contributed by atoms with van der Waals surface area (Å²) in [6.45, 7) is 0.407. The molecule has 0 saturated carbocycles. The van der Waals surface area contributed by atoms with Crippen LogP contribution in [0.5, 0.6) is 0 Å². The molecule has 0 aliphatic heterocycles. The molecule has 0 aromatic heterocycles. The zero-order valence-corrected chi connectivity index (χ0v) is 14.5. The molecule has 1 N–H and O–H groups in total. The maximum Gasteiger partial charge on any atom is 0.140 e. The minimum atomic E-state index is -1.42. The highest BCUT2D eigenvalue weighted by Crippen LogP contribution is 2.39. The Morgan fingerprint density at radius 1 is 0.800 bits per heavy atom. The van der Waals surface area contributed by atoms with Crippen molar-refractivity contribution in [2.75, 3.05) is 14.1 Å². The first-order valence-corrected chi connectivity index (χ1v) is 8.29. The molecule has 3 rings (SSSR count). The van der Waals surface area contributed by atoms with Crippen LogP contribution in [0.15, 0.2) is 78.9 Å². The second-order valence-corrected chi connectivity index (χ2v) is 6.45. The van der Waals surface area contributed by atoms with Crippen LogP contribution in [0.3, 0.4) is 0 Å². The molecule has 0 atom stereocenters. The Morgan fingerprint density at radius 3 is 1.80 bits per heavy atom. The third-order valence-corrected chi connectivity index (χ3v) is 4.37. The van der Waals surface area contributed by atoms with Crippen LogP contribution >= 0.6 is 0 Å². The fraction of sp³-hybridized carbons (Fsp3) is 0.182. The lowest BCUT2D eigenvalue weighted by Gasteiger charge is -2.32. The molecule has 3 aromatic rings. The van der Waals surface area contributed by atoms with Gasteiger partial charge in [-0.25, -0.2) is 4.39 Å². The second-order valence-electron chi connectivity index (χ2n) is 6.45. The molecule has 0 radical (unpaired) electrons. The highest BCUT2D eigenvalue weighted by atomic mass is 19.1. The lowest BCUT2D eigenvalue weighted by Crippen LogP contribution is -2.31. The third kappa shape index (κ3) is 3.34. The summed E-state index contributed by atoms with van der Waals surface area (Å²) in [5, 5.41) is 11.9. The van der Waals surface area contributed by atoms with E-state index in [1.807, 2.05) is 85.7 Å². The van der Waals surface area contributed by atoms with E-state index >= 15 is 0 Å². The van der Waals surface area contributed by atoms with Gasteiger partial charge < -0.3 is 10.0 Å². The van der Waals surface area contributed by atoms with Gasteiger partial charge in [0.1, 0.15) is 11.4 Å². The SMILES string of the molecule is CN(C)Cc1c(F)cccc1C(O)(c1ccccc1)c1ccccc1. The van der Waals surface area contributed by atoms with Crippen molar-refractivity contribution in [1.29, 1.82) is 0 Å². The summed E-state index contributed by atoms with van der Waals surface area (Å²) in [5.41, 5.74) is 1.08. The predicted molar refractivity (Wildman–Crippen MR) is 98.8 cm³/mol. The number of halogens is 1. The lowest BCUT2D eigenvalue weighted by molar-refractivity contribution is 0.123. The lowest BCUT2D eigenvalue weighted by atomic mass is 9.78. The van der Waals surface area contributed by atoms with E-state index in [-0.39, 0.29) is 5.82 Å². The number of benzene rings is 3. The zero-order valence-electron chi connectivity index (χ0n) is 14.5. The minimum absolute atomic E-state index is 0.309. The standard InChI is InChI=1S/C22H22FNO/c1-24(2)16-19-20(14-9-15-21(19)23)22(25,17-10-5-3-6-11-17)18-12-7-4-8-13-18/h3-15,25H,16H2,1-2H3. The number of aliphatic hydroxyl groups is 1. The Balaban J connectivity index is 2.29. The summed E-state index contributed by atoms with van der Waals surface area (Å²) < 4.78 is 14.6. The van der Waals surface area contributed by atoms with Crippen molar-refractivity contribution >= 4 is 0 Å². The smallest absolute Gasteiger partial charge is 0.140 e. The van der Waals surface area contributed by atoms with Crippen molar-refractivity contribution in [1.82, 2.24) is 4.90 Å². The van der Waals surface area contributed by atoms with Gasteiger partial charge in [0, 0.05) is 12.1 Å². The van der Waals surface area contributed by atoms with Crippen molar-refractivity contribution in [3.63, 3.8) is 0 Å². The number of rotatable bonds is 5. The molecule has 0 unspecified atom stereocenters. The summed E-state index contributed by atoms with van der Waals surface area (Å²) in [7, 11) is 3.78. The highest BCUT2D eigenvalue weighted by molar-refractivity contribution is 5.50. The first-order chi connectivity index (χ1) is 12.0. The molecule has 0 amide bonds. The van der Waals surface area contributed by atoms with Crippen molar-refractivity contribution in [2.45, 2.75) is 12.1 Å². The van der Waals surface area contributed by atoms with Crippen molar-refractivity contribution < 1.29 is 9.50 Å². The van der Waals surface area contributed by atoms with Gasteiger partial charge in [0.2, 0.25) is 0 Å². The van der Waals surface area contributed by atoms with Gasteiger partial charge in [-0.3, -0.25) is 0 Å². The van der Waals surface area contributed by atoms with E-state index in [0.717, 1.165) is 0 Å². The second kappa shape index (κ2) is 7.18. The largest absolute Gasteiger partial charge is 0.376 e. The first kappa shape index (κ1) is 17.3. The van der Waals surface area contributed by atoms with Gasteiger partial charge in [0.05, 0.1) is 0 Å².